The predicted octanol–water partition coefficient (Wildman–Crippen LogP) is 5.69. The number of unbranched alkanes of at least 4 members (excludes halogenated alkanes) is 2. The van der Waals surface area contributed by atoms with Crippen LogP contribution in [0.15, 0.2) is 12.1 Å². The van der Waals surface area contributed by atoms with Crippen molar-refractivity contribution in [2.45, 2.75) is 90.6 Å². The molecular formula is C26H39ClN2O3. The van der Waals surface area contributed by atoms with Crippen LogP contribution in [0.5, 0.6) is 0 Å². The standard InChI is InChI=1S/C26H39ClN2O3/c1-26(2,3)32-25(31)29-17-14-19-12-13-23(27)22(21(19)15-18-29)11-5-4-8-16-28-24(30)20-9-6-7-10-20/h12-13,20H,4-11,14-18H2,1-3H3,(H,28,30). The van der Waals surface area contributed by atoms with Gasteiger partial charge in [0.05, 0.1) is 0 Å². The molecule has 1 heterocycles. The first-order valence-electron chi connectivity index (χ1n) is 12.3. The molecule has 1 aromatic rings. The van der Waals surface area contributed by atoms with Crippen LogP contribution in [0.2, 0.25) is 5.02 Å². The van der Waals surface area contributed by atoms with Crippen molar-refractivity contribution in [3.8, 4) is 0 Å². The lowest BCUT2D eigenvalue weighted by Gasteiger charge is -2.26. The smallest absolute Gasteiger partial charge is 0.410 e. The molecule has 32 heavy (non-hydrogen) atoms. The third-order valence-corrected chi connectivity index (χ3v) is 6.89. The fraction of sp³-hybridized carbons (Fsp3) is 0.692. The minimum Gasteiger partial charge on any atom is -0.444 e. The Bertz CT molecular complexity index is 797. The summed E-state index contributed by atoms with van der Waals surface area (Å²) < 4.78 is 5.57. The molecule has 0 spiro atoms. The van der Waals surface area contributed by atoms with Gasteiger partial charge in [0.1, 0.15) is 5.60 Å². The molecule has 1 aromatic carbocycles. The first-order valence-corrected chi connectivity index (χ1v) is 12.7. The lowest BCUT2D eigenvalue weighted by atomic mass is 9.93. The second-order valence-electron chi connectivity index (χ2n) is 10.2. The number of hydrogen-bond acceptors (Lipinski definition) is 3. The number of carbonyl (C=O) groups excluding carboxylic acids is 2. The Balaban J connectivity index is 1.48. The topological polar surface area (TPSA) is 58.6 Å². The minimum atomic E-state index is -0.485. The summed E-state index contributed by atoms with van der Waals surface area (Å²) in [6, 6.07) is 4.11. The Hall–Kier alpha value is -1.75. The molecule has 3 rings (SSSR count). The molecule has 1 N–H and O–H groups in total. The number of nitrogens with zero attached hydrogens (tertiary/aromatic N) is 1. The Labute approximate surface area is 198 Å². The molecule has 6 heteroatoms. The van der Waals surface area contributed by atoms with Gasteiger partial charge in [-0.3, -0.25) is 4.79 Å². The first-order chi connectivity index (χ1) is 15.2. The number of rotatable bonds is 7. The van der Waals surface area contributed by atoms with Gasteiger partial charge in [0, 0.05) is 30.6 Å². The molecule has 0 radical (unpaired) electrons. The molecule has 0 unspecified atom stereocenters. The third kappa shape index (κ3) is 7.13. The van der Waals surface area contributed by atoms with Gasteiger partial charge < -0.3 is 15.0 Å². The average Bonchev–Trinajstić information content (AvgIpc) is 3.17. The Kier molecular flexibility index (Phi) is 8.87. The van der Waals surface area contributed by atoms with E-state index in [9.17, 15) is 9.59 Å². The molecule has 0 bridgehead atoms. The zero-order valence-corrected chi connectivity index (χ0v) is 20.7. The summed E-state index contributed by atoms with van der Waals surface area (Å²) >= 11 is 6.59. The lowest BCUT2D eigenvalue weighted by Crippen LogP contribution is -2.38. The summed E-state index contributed by atoms with van der Waals surface area (Å²) in [6.07, 6.45) is 9.92. The number of ether oxygens (including phenoxy) is 1. The van der Waals surface area contributed by atoms with Gasteiger partial charge in [-0.15, -0.1) is 0 Å². The summed E-state index contributed by atoms with van der Waals surface area (Å²) in [7, 11) is 0. The van der Waals surface area contributed by atoms with Crippen LogP contribution in [-0.2, 0) is 28.8 Å². The van der Waals surface area contributed by atoms with Crippen LogP contribution in [0.25, 0.3) is 0 Å². The fourth-order valence-electron chi connectivity index (χ4n) is 4.80. The van der Waals surface area contributed by atoms with Crippen LogP contribution in [0.1, 0.15) is 82.4 Å². The second kappa shape index (κ2) is 11.4. The monoisotopic (exact) mass is 462 g/mol. The molecule has 0 aromatic heterocycles. The maximum atomic E-state index is 12.5. The van der Waals surface area contributed by atoms with Crippen LogP contribution in [0.4, 0.5) is 4.79 Å². The number of benzene rings is 1. The van der Waals surface area contributed by atoms with Gasteiger partial charge in [-0.05, 0) is 88.5 Å². The third-order valence-electron chi connectivity index (χ3n) is 6.53. The fourth-order valence-corrected chi connectivity index (χ4v) is 5.07. The van der Waals surface area contributed by atoms with E-state index in [0.717, 1.165) is 62.9 Å². The molecular weight excluding hydrogens is 424 g/mol. The van der Waals surface area contributed by atoms with Gasteiger partial charge in [-0.25, -0.2) is 4.79 Å². The van der Waals surface area contributed by atoms with Crippen molar-refractivity contribution in [1.29, 1.82) is 0 Å². The van der Waals surface area contributed by atoms with Gasteiger partial charge in [0.2, 0.25) is 5.91 Å². The maximum absolute atomic E-state index is 12.5. The highest BCUT2D eigenvalue weighted by molar-refractivity contribution is 6.31. The van der Waals surface area contributed by atoms with Crippen LogP contribution >= 0.6 is 11.6 Å². The van der Waals surface area contributed by atoms with E-state index >= 15 is 0 Å². The molecule has 178 valence electrons. The van der Waals surface area contributed by atoms with E-state index in [1.807, 2.05) is 31.7 Å². The van der Waals surface area contributed by atoms with Crippen LogP contribution in [0.3, 0.4) is 0 Å². The van der Waals surface area contributed by atoms with E-state index in [-0.39, 0.29) is 17.9 Å². The Morgan fingerprint density at radius 3 is 2.53 bits per heavy atom. The van der Waals surface area contributed by atoms with E-state index in [0.29, 0.717) is 13.1 Å². The van der Waals surface area contributed by atoms with Gasteiger partial charge in [-0.2, -0.15) is 0 Å². The van der Waals surface area contributed by atoms with E-state index in [4.69, 9.17) is 16.3 Å². The molecule has 2 amide bonds. The van der Waals surface area contributed by atoms with Crippen LogP contribution in [-0.4, -0.2) is 42.1 Å². The van der Waals surface area contributed by atoms with E-state index in [1.165, 1.54) is 29.5 Å². The first kappa shape index (κ1) is 24.9. The van der Waals surface area contributed by atoms with Crippen molar-refractivity contribution in [3.63, 3.8) is 0 Å². The van der Waals surface area contributed by atoms with Crippen LogP contribution in [0, 0.1) is 5.92 Å². The molecule has 5 nitrogen and oxygen atoms in total. The van der Waals surface area contributed by atoms with E-state index in [2.05, 4.69) is 11.4 Å². The Morgan fingerprint density at radius 2 is 1.81 bits per heavy atom. The molecule has 0 saturated heterocycles. The Morgan fingerprint density at radius 1 is 1.09 bits per heavy atom. The molecule has 1 aliphatic heterocycles. The van der Waals surface area contributed by atoms with Crippen molar-refractivity contribution in [2.24, 2.45) is 5.92 Å². The highest BCUT2D eigenvalue weighted by Gasteiger charge is 2.25. The number of amides is 2. The second-order valence-corrected chi connectivity index (χ2v) is 10.6. The van der Waals surface area contributed by atoms with Crippen molar-refractivity contribution >= 4 is 23.6 Å². The van der Waals surface area contributed by atoms with Gasteiger partial charge in [0.15, 0.2) is 0 Å². The normalized spacial score (nSPS) is 17.1. The molecule has 2 aliphatic rings. The summed E-state index contributed by atoms with van der Waals surface area (Å²) in [4.78, 5) is 26.5. The minimum absolute atomic E-state index is 0.238. The van der Waals surface area contributed by atoms with Crippen molar-refractivity contribution in [1.82, 2.24) is 10.2 Å². The molecule has 1 saturated carbocycles. The number of hydrogen-bond donors (Lipinski definition) is 1. The zero-order chi connectivity index (χ0) is 23.1. The zero-order valence-electron chi connectivity index (χ0n) is 20.0. The van der Waals surface area contributed by atoms with E-state index in [1.54, 1.807) is 0 Å². The van der Waals surface area contributed by atoms with Crippen molar-refractivity contribution < 1.29 is 14.3 Å². The summed E-state index contributed by atoms with van der Waals surface area (Å²) in [5, 5.41) is 3.93. The number of nitrogens with one attached hydrogen (secondary N) is 1. The van der Waals surface area contributed by atoms with Gasteiger partial charge >= 0.3 is 6.09 Å². The predicted molar refractivity (Wildman–Crippen MR) is 129 cm³/mol. The van der Waals surface area contributed by atoms with E-state index < -0.39 is 5.60 Å². The molecule has 1 aliphatic carbocycles. The van der Waals surface area contributed by atoms with Crippen molar-refractivity contribution in [2.75, 3.05) is 19.6 Å². The number of carbonyl (C=O) groups is 2. The summed E-state index contributed by atoms with van der Waals surface area (Å²) in [5.74, 6) is 0.488. The highest BCUT2D eigenvalue weighted by atomic mass is 35.5. The SMILES string of the molecule is CC(C)(C)OC(=O)N1CCc2ccc(Cl)c(CCCCCNC(=O)C3CCCC3)c2CC1. The van der Waals surface area contributed by atoms with Gasteiger partial charge in [0.25, 0.3) is 0 Å². The van der Waals surface area contributed by atoms with Crippen molar-refractivity contribution in [3.05, 3.63) is 33.8 Å². The van der Waals surface area contributed by atoms with Crippen LogP contribution < -0.4 is 5.32 Å². The summed E-state index contributed by atoms with van der Waals surface area (Å²) in [6.45, 7) is 7.79. The number of fused-ring (bicyclic) bond motifs is 1. The molecule has 1 fully saturated rings. The average molecular weight is 463 g/mol. The number of halogens is 1. The molecule has 0 atom stereocenters. The quantitative estimate of drug-likeness (QED) is 0.529. The lowest BCUT2D eigenvalue weighted by molar-refractivity contribution is -0.124. The largest absolute Gasteiger partial charge is 0.444 e. The summed E-state index contributed by atoms with van der Waals surface area (Å²) in [5.41, 5.74) is 3.34. The van der Waals surface area contributed by atoms with Gasteiger partial charge in [-0.1, -0.05) is 36.9 Å². The highest BCUT2D eigenvalue weighted by Crippen LogP contribution is 2.29. The maximum Gasteiger partial charge on any atom is 0.410 e.